The van der Waals surface area contributed by atoms with Gasteiger partial charge in [0.25, 0.3) is 0 Å². The fraction of sp³-hybridized carbons (Fsp3) is 0.875. The predicted octanol–water partition coefficient (Wildman–Crippen LogP) is 0.370. The molecule has 1 aliphatic rings. The Hall–Kier alpha value is -0.180. The largest absolute Gasteiger partial charge is 0.480 e. The number of carbonyl (C=O) groups is 1. The van der Waals surface area contributed by atoms with Crippen LogP contribution >= 0.6 is 9.39 Å². The minimum Gasteiger partial charge on any atom is -0.480 e. The summed E-state index contributed by atoms with van der Waals surface area (Å²) in [5.41, 5.74) is 0. The molecule has 76 valence electrons. The molecule has 2 atom stereocenters. The SMILES string of the molecule is O=C(O)[C@@H](NP)C1CCC(O)CC1. The van der Waals surface area contributed by atoms with Crippen molar-refractivity contribution in [2.45, 2.75) is 37.8 Å². The maximum Gasteiger partial charge on any atom is 0.321 e. The lowest BCUT2D eigenvalue weighted by atomic mass is 9.83. The van der Waals surface area contributed by atoms with Gasteiger partial charge in [0.2, 0.25) is 0 Å². The van der Waals surface area contributed by atoms with E-state index < -0.39 is 12.0 Å². The molecule has 0 aromatic carbocycles. The zero-order chi connectivity index (χ0) is 9.84. The lowest BCUT2D eigenvalue weighted by Crippen LogP contribution is -2.40. The zero-order valence-electron chi connectivity index (χ0n) is 7.44. The summed E-state index contributed by atoms with van der Waals surface area (Å²) in [6.45, 7) is 0. The summed E-state index contributed by atoms with van der Waals surface area (Å²) in [6.07, 6.45) is 2.80. The van der Waals surface area contributed by atoms with E-state index in [0.29, 0.717) is 0 Å². The molecule has 3 N–H and O–H groups in total. The normalized spacial score (nSPS) is 31.2. The molecule has 1 fully saturated rings. The van der Waals surface area contributed by atoms with Crippen molar-refractivity contribution in [1.29, 1.82) is 0 Å². The highest BCUT2D eigenvalue weighted by atomic mass is 31.0. The molecule has 0 radical (unpaired) electrons. The van der Waals surface area contributed by atoms with Crippen molar-refractivity contribution in [3.63, 3.8) is 0 Å². The Morgan fingerprint density at radius 1 is 1.38 bits per heavy atom. The van der Waals surface area contributed by atoms with Gasteiger partial charge in [-0.3, -0.25) is 9.88 Å². The molecule has 13 heavy (non-hydrogen) atoms. The van der Waals surface area contributed by atoms with Crippen molar-refractivity contribution in [3.8, 4) is 0 Å². The first-order valence-electron chi connectivity index (χ1n) is 4.52. The van der Waals surface area contributed by atoms with Gasteiger partial charge >= 0.3 is 5.97 Å². The maximum absolute atomic E-state index is 10.8. The van der Waals surface area contributed by atoms with Crippen LogP contribution in [-0.4, -0.2) is 28.3 Å². The highest BCUT2D eigenvalue weighted by Gasteiger charge is 2.30. The molecular formula is C8H16NO3P. The van der Waals surface area contributed by atoms with Crippen LogP contribution in [0.15, 0.2) is 0 Å². The number of carboxylic acid groups (broad SMARTS) is 1. The third-order valence-corrected chi connectivity index (χ3v) is 3.02. The average Bonchev–Trinajstić information content (AvgIpc) is 2.09. The second kappa shape index (κ2) is 4.89. The summed E-state index contributed by atoms with van der Waals surface area (Å²) in [5, 5.41) is 20.8. The molecule has 1 rings (SSSR count). The average molecular weight is 205 g/mol. The summed E-state index contributed by atoms with van der Waals surface area (Å²) in [4.78, 5) is 10.8. The number of hydrogen-bond donors (Lipinski definition) is 3. The highest BCUT2D eigenvalue weighted by Crippen LogP contribution is 2.27. The van der Waals surface area contributed by atoms with E-state index in [1.807, 2.05) is 0 Å². The molecule has 0 heterocycles. The van der Waals surface area contributed by atoms with Gasteiger partial charge in [0.15, 0.2) is 0 Å². The number of nitrogens with one attached hydrogen (secondary N) is 1. The van der Waals surface area contributed by atoms with Crippen molar-refractivity contribution in [1.82, 2.24) is 5.09 Å². The number of hydrogen-bond acceptors (Lipinski definition) is 3. The van der Waals surface area contributed by atoms with Gasteiger partial charge in [0, 0.05) is 0 Å². The lowest BCUT2D eigenvalue weighted by molar-refractivity contribution is -0.140. The number of aliphatic hydroxyl groups excluding tert-OH is 1. The summed E-state index contributed by atoms with van der Waals surface area (Å²) in [7, 11) is 2.25. The topological polar surface area (TPSA) is 69.6 Å². The molecule has 1 unspecified atom stereocenters. The van der Waals surface area contributed by atoms with Crippen LogP contribution in [0.5, 0.6) is 0 Å². The second-order valence-electron chi connectivity index (χ2n) is 3.55. The molecule has 0 aromatic rings. The summed E-state index contributed by atoms with van der Waals surface area (Å²) >= 11 is 0. The van der Waals surface area contributed by atoms with Gasteiger partial charge in [-0.1, -0.05) is 9.39 Å². The number of carboxylic acids is 1. The molecule has 0 spiro atoms. The summed E-state index contributed by atoms with van der Waals surface area (Å²) in [5.74, 6) is -0.658. The quantitative estimate of drug-likeness (QED) is 0.582. The molecule has 0 aliphatic heterocycles. The van der Waals surface area contributed by atoms with Crippen molar-refractivity contribution in [3.05, 3.63) is 0 Å². The second-order valence-corrected chi connectivity index (χ2v) is 3.88. The zero-order valence-corrected chi connectivity index (χ0v) is 8.60. The molecule has 0 aromatic heterocycles. The first-order chi connectivity index (χ1) is 6.15. The predicted molar refractivity (Wildman–Crippen MR) is 52.2 cm³/mol. The Morgan fingerprint density at radius 3 is 2.31 bits per heavy atom. The van der Waals surface area contributed by atoms with Crippen molar-refractivity contribution in [2.24, 2.45) is 5.92 Å². The number of rotatable bonds is 3. The van der Waals surface area contributed by atoms with Gasteiger partial charge < -0.3 is 10.2 Å². The van der Waals surface area contributed by atoms with Crippen LogP contribution in [0.2, 0.25) is 0 Å². The molecule has 1 aliphatic carbocycles. The smallest absolute Gasteiger partial charge is 0.321 e. The van der Waals surface area contributed by atoms with E-state index in [4.69, 9.17) is 5.11 Å². The molecule has 0 amide bonds. The minimum atomic E-state index is -0.809. The first kappa shape index (κ1) is 10.9. The third kappa shape index (κ3) is 2.90. The molecule has 0 bridgehead atoms. The van der Waals surface area contributed by atoms with Gasteiger partial charge in [-0.2, -0.15) is 0 Å². The van der Waals surface area contributed by atoms with Gasteiger partial charge in [-0.15, -0.1) is 0 Å². The van der Waals surface area contributed by atoms with E-state index >= 15 is 0 Å². The Kier molecular flexibility index (Phi) is 4.10. The molecule has 5 heteroatoms. The van der Waals surface area contributed by atoms with Gasteiger partial charge in [0.1, 0.15) is 6.04 Å². The summed E-state index contributed by atoms with van der Waals surface area (Å²) < 4.78 is 0. The van der Waals surface area contributed by atoms with Crippen LogP contribution < -0.4 is 5.09 Å². The standard InChI is InChI=1S/C8H16NO3P/c10-6-3-1-5(2-4-6)7(9-13)8(11)12/h5-7,9-10H,1-4,13H2,(H,11,12)/t5?,6?,7-/m0/s1. The Morgan fingerprint density at radius 2 is 1.92 bits per heavy atom. The van der Waals surface area contributed by atoms with Crippen LogP contribution in [-0.2, 0) is 4.79 Å². The van der Waals surface area contributed by atoms with Crippen molar-refractivity contribution < 1.29 is 15.0 Å². The van der Waals surface area contributed by atoms with Crippen LogP contribution in [0.3, 0.4) is 0 Å². The van der Waals surface area contributed by atoms with E-state index in [2.05, 4.69) is 14.5 Å². The van der Waals surface area contributed by atoms with Crippen LogP contribution in [0.1, 0.15) is 25.7 Å². The third-order valence-electron chi connectivity index (χ3n) is 2.66. The Labute approximate surface area is 80.0 Å². The van der Waals surface area contributed by atoms with E-state index in [0.717, 1.165) is 25.7 Å². The van der Waals surface area contributed by atoms with E-state index in [1.54, 1.807) is 0 Å². The monoisotopic (exact) mass is 205 g/mol. The molecule has 1 saturated carbocycles. The first-order valence-corrected chi connectivity index (χ1v) is 5.10. The van der Waals surface area contributed by atoms with Crippen LogP contribution in [0.25, 0.3) is 0 Å². The molecular weight excluding hydrogens is 189 g/mol. The maximum atomic E-state index is 10.8. The van der Waals surface area contributed by atoms with Gasteiger partial charge in [0.05, 0.1) is 6.10 Å². The molecule has 0 saturated heterocycles. The fourth-order valence-corrected chi connectivity index (χ4v) is 2.26. The highest BCUT2D eigenvalue weighted by molar-refractivity contribution is 7.13. The fourth-order valence-electron chi connectivity index (χ4n) is 1.84. The van der Waals surface area contributed by atoms with E-state index in [1.165, 1.54) is 0 Å². The van der Waals surface area contributed by atoms with Gasteiger partial charge in [-0.05, 0) is 31.6 Å². The summed E-state index contributed by atoms with van der Waals surface area (Å²) in [6, 6.07) is -0.488. The Balaban J connectivity index is 2.46. The van der Waals surface area contributed by atoms with Crippen molar-refractivity contribution >= 4 is 15.4 Å². The van der Waals surface area contributed by atoms with Crippen molar-refractivity contribution in [2.75, 3.05) is 0 Å². The van der Waals surface area contributed by atoms with Crippen LogP contribution in [0, 0.1) is 5.92 Å². The Bertz CT molecular complexity index is 180. The van der Waals surface area contributed by atoms with E-state index in [9.17, 15) is 9.90 Å². The van der Waals surface area contributed by atoms with E-state index in [-0.39, 0.29) is 12.0 Å². The minimum absolute atomic E-state index is 0.151. The number of aliphatic hydroxyl groups is 1. The molecule has 4 nitrogen and oxygen atoms in total. The lowest BCUT2D eigenvalue weighted by Gasteiger charge is -2.29. The van der Waals surface area contributed by atoms with Crippen LogP contribution in [0.4, 0.5) is 0 Å². The number of aliphatic carboxylic acids is 1. The van der Waals surface area contributed by atoms with Gasteiger partial charge in [-0.25, -0.2) is 0 Å².